The molecule has 1 heterocycles. The van der Waals surface area contributed by atoms with Crippen LogP contribution in [0.25, 0.3) is 0 Å². The van der Waals surface area contributed by atoms with Gasteiger partial charge in [-0.2, -0.15) is 0 Å². The van der Waals surface area contributed by atoms with Gasteiger partial charge in [-0.05, 0) is 40.7 Å². The lowest BCUT2D eigenvalue weighted by Crippen LogP contribution is -2.59. The molecule has 1 fully saturated rings. The Morgan fingerprint density at radius 3 is 2.50 bits per heavy atom. The number of nitrogens with zero attached hydrogens (tertiary/aromatic N) is 1. The fourth-order valence-corrected chi connectivity index (χ4v) is 1.84. The number of carboxylic acids is 1. The standard InChI is InChI=1S/C12H22N2O4/c1-11(2,3)18-10(17)14-7-5-6-13-8-12(14,4)9(15)16/h13H,5-8H2,1-4H3,(H,15,16)/t12-/m0/s1. The van der Waals surface area contributed by atoms with E-state index >= 15 is 0 Å². The summed E-state index contributed by atoms with van der Waals surface area (Å²) in [4.78, 5) is 24.8. The number of hydrogen-bond acceptors (Lipinski definition) is 4. The van der Waals surface area contributed by atoms with Gasteiger partial charge in [-0.1, -0.05) is 0 Å². The molecule has 1 atom stereocenters. The highest BCUT2D eigenvalue weighted by Gasteiger charge is 2.44. The quantitative estimate of drug-likeness (QED) is 0.735. The highest BCUT2D eigenvalue weighted by molar-refractivity contribution is 5.84. The number of nitrogens with one attached hydrogen (secondary N) is 1. The summed E-state index contributed by atoms with van der Waals surface area (Å²) in [5.41, 5.74) is -1.89. The SMILES string of the molecule is CC(C)(C)OC(=O)N1CCCNC[C@@]1(C)C(=O)O. The fourth-order valence-electron chi connectivity index (χ4n) is 1.84. The molecule has 0 bridgehead atoms. The topological polar surface area (TPSA) is 78.9 Å². The lowest BCUT2D eigenvalue weighted by atomic mass is 10.0. The van der Waals surface area contributed by atoms with Gasteiger partial charge in [0, 0.05) is 13.1 Å². The maximum Gasteiger partial charge on any atom is 0.411 e. The second-order valence-corrected chi connectivity index (χ2v) is 5.74. The Bertz CT molecular complexity index is 337. The molecule has 0 spiro atoms. The number of aliphatic carboxylic acids is 1. The van der Waals surface area contributed by atoms with Crippen molar-refractivity contribution in [3.63, 3.8) is 0 Å². The van der Waals surface area contributed by atoms with Crippen LogP contribution < -0.4 is 5.32 Å². The third kappa shape index (κ3) is 3.35. The lowest BCUT2D eigenvalue weighted by molar-refractivity contribution is -0.149. The van der Waals surface area contributed by atoms with E-state index in [1.54, 1.807) is 20.8 Å². The molecule has 0 aromatic rings. The molecule has 2 N–H and O–H groups in total. The molecular formula is C12H22N2O4. The maximum atomic E-state index is 12.1. The number of ether oxygens (including phenoxy) is 1. The van der Waals surface area contributed by atoms with E-state index < -0.39 is 23.2 Å². The molecule has 0 unspecified atom stereocenters. The number of carbonyl (C=O) groups excluding carboxylic acids is 1. The summed E-state index contributed by atoms with van der Waals surface area (Å²) in [6.45, 7) is 8.13. The van der Waals surface area contributed by atoms with E-state index in [0.717, 1.165) is 0 Å². The van der Waals surface area contributed by atoms with Crippen molar-refractivity contribution < 1.29 is 19.4 Å². The van der Waals surface area contributed by atoms with Crippen LogP contribution in [0.4, 0.5) is 4.79 Å². The molecular weight excluding hydrogens is 236 g/mol. The van der Waals surface area contributed by atoms with Crippen LogP contribution in [0.15, 0.2) is 0 Å². The van der Waals surface area contributed by atoms with Gasteiger partial charge in [0.15, 0.2) is 5.54 Å². The largest absolute Gasteiger partial charge is 0.479 e. The summed E-state index contributed by atoms with van der Waals surface area (Å²) < 4.78 is 5.27. The molecule has 0 aromatic heterocycles. The lowest BCUT2D eigenvalue weighted by Gasteiger charge is -2.37. The average molecular weight is 258 g/mol. The smallest absolute Gasteiger partial charge is 0.411 e. The van der Waals surface area contributed by atoms with Crippen molar-refractivity contribution in [2.45, 2.75) is 45.3 Å². The van der Waals surface area contributed by atoms with Gasteiger partial charge < -0.3 is 15.2 Å². The third-order valence-corrected chi connectivity index (χ3v) is 2.87. The molecule has 1 aliphatic heterocycles. The minimum Gasteiger partial charge on any atom is -0.479 e. The molecule has 0 aromatic carbocycles. The van der Waals surface area contributed by atoms with E-state index in [4.69, 9.17) is 4.74 Å². The van der Waals surface area contributed by atoms with Crippen molar-refractivity contribution >= 4 is 12.1 Å². The van der Waals surface area contributed by atoms with Gasteiger partial charge in [0.25, 0.3) is 0 Å². The first kappa shape index (κ1) is 14.8. The summed E-state index contributed by atoms with van der Waals surface area (Å²) in [5, 5.41) is 12.4. The van der Waals surface area contributed by atoms with Gasteiger partial charge >= 0.3 is 12.1 Å². The van der Waals surface area contributed by atoms with Gasteiger partial charge in [0.2, 0.25) is 0 Å². The van der Waals surface area contributed by atoms with Gasteiger partial charge in [-0.25, -0.2) is 9.59 Å². The van der Waals surface area contributed by atoms with Crippen LogP contribution >= 0.6 is 0 Å². The first-order valence-corrected chi connectivity index (χ1v) is 6.11. The van der Waals surface area contributed by atoms with Crippen LogP contribution in [-0.2, 0) is 9.53 Å². The van der Waals surface area contributed by atoms with Crippen molar-refractivity contribution in [1.82, 2.24) is 10.2 Å². The van der Waals surface area contributed by atoms with Crippen molar-refractivity contribution in [3.05, 3.63) is 0 Å². The van der Waals surface area contributed by atoms with Gasteiger partial charge in [-0.15, -0.1) is 0 Å². The summed E-state index contributed by atoms with van der Waals surface area (Å²) in [7, 11) is 0. The molecule has 1 aliphatic rings. The number of amides is 1. The zero-order chi connectivity index (χ0) is 14.0. The zero-order valence-electron chi connectivity index (χ0n) is 11.4. The molecule has 0 radical (unpaired) electrons. The van der Waals surface area contributed by atoms with Crippen LogP contribution in [0, 0.1) is 0 Å². The van der Waals surface area contributed by atoms with Crippen LogP contribution in [0.2, 0.25) is 0 Å². The predicted octanol–water partition coefficient (Wildman–Crippen LogP) is 1.06. The second kappa shape index (κ2) is 5.14. The molecule has 0 saturated carbocycles. The summed E-state index contributed by atoms with van der Waals surface area (Å²) in [5.74, 6) is -1.03. The van der Waals surface area contributed by atoms with Crippen LogP contribution in [0.5, 0.6) is 0 Å². The zero-order valence-corrected chi connectivity index (χ0v) is 11.4. The molecule has 6 heteroatoms. The normalized spacial score (nSPS) is 25.4. The van der Waals surface area contributed by atoms with E-state index in [1.807, 2.05) is 0 Å². The fraction of sp³-hybridized carbons (Fsp3) is 0.833. The summed E-state index contributed by atoms with van der Waals surface area (Å²) in [6.07, 6.45) is 0.137. The van der Waals surface area contributed by atoms with Gasteiger partial charge in [-0.3, -0.25) is 4.90 Å². The molecule has 1 saturated heterocycles. The highest BCUT2D eigenvalue weighted by atomic mass is 16.6. The van der Waals surface area contributed by atoms with Crippen molar-refractivity contribution in [1.29, 1.82) is 0 Å². The van der Waals surface area contributed by atoms with E-state index in [2.05, 4.69) is 5.32 Å². The number of carbonyl (C=O) groups is 2. The Morgan fingerprint density at radius 1 is 1.39 bits per heavy atom. The first-order chi connectivity index (χ1) is 8.17. The molecule has 6 nitrogen and oxygen atoms in total. The van der Waals surface area contributed by atoms with Gasteiger partial charge in [0.1, 0.15) is 5.60 Å². The Morgan fingerprint density at radius 2 is 2.00 bits per heavy atom. The van der Waals surface area contributed by atoms with Crippen molar-refractivity contribution in [3.8, 4) is 0 Å². The third-order valence-electron chi connectivity index (χ3n) is 2.87. The number of rotatable bonds is 1. The molecule has 1 rings (SSSR count). The first-order valence-electron chi connectivity index (χ1n) is 6.11. The summed E-state index contributed by atoms with van der Waals surface area (Å²) >= 11 is 0. The Kier molecular flexibility index (Phi) is 4.21. The second-order valence-electron chi connectivity index (χ2n) is 5.74. The van der Waals surface area contributed by atoms with E-state index in [0.29, 0.717) is 19.5 Å². The van der Waals surface area contributed by atoms with Crippen LogP contribution in [0.3, 0.4) is 0 Å². The van der Waals surface area contributed by atoms with E-state index in [1.165, 1.54) is 11.8 Å². The average Bonchev–Trinajstić information content (AvgIpc) is 2.38. The monoisotopic (exact) mass is 258 g/mol. The van der Waals surface area contributed by atoms with E-state index in [-0.39, 0.29) is 6.54 Å². The van der Waals surface area contributed by atoms with Crippen molar-refractivity contribution in [2.75, 3.05) is 19.6 Å². The minimum absolute atomic E-state index is 0.224. The predicted molar refractivity (Wildman–Crippen MR) is 66.5 cm³/mol. The maximum absolute atomic E-state index is 12.1. The van der Waals surface area contributed by atoms with E-state index in [9.17, 15) is 14.7 Å². The van der Waals surface area contributed by atoms with Crippen LogP contribution in [-0.4, -0.2) is 52.8 Å². The molecule has 104 valence electrons. The molecule has 0 aliphatic carbocycles. The molecule has 1 amide bonds. The molecule has 18 heavy (non-hydrogen) atoms. The Balaban J connectivity index is 2.93. The number of carboxylic acid groups (broad SMARTS) is 1. The van der Waals surface area contributed by atoms with Gasteiger partial charge in [0.05, 0.1) is 0 Å². The Labute approximate surface area is 107 Å². The van der Waals surface area contributed by atoms with Crippen LogP contribution in [0.1, 0.15) is 34.1 Å². The van der Waals surface area contributed by atoms with Crippen molar-refractivity contribution in [2.24, 2.45) is 0 Å². The highest BCUT2D eigenvalue weighted by Crippen LogP contribution is 2.21. The minimum atomic E-state index is -1.27. The number of hydrogen-bond donors (Lipinski definition) is 2. The summed E-state index contributed by atoms with van der Waals surface area (Å²) in [6, 6.07) is 0. The Hall–Kier alpha value is -1.30.